The van der Waals surface area contributed by atoms with Crippen molar-refractivity contribution in [2.24, 2.45) is 5.92 Å². The van der Waals surface area contributed by atoms with E-state index in [1.165, 1.54) is 32.1 Å². The SMILES string of the molecule is CC(C)(C)NS(=O)(=O)C1CCCC(COC2CCCCC2)C1. The van der Waals surface area contributed by atoms with Crippen LogP contribution in [0.2, 0.25) is 0 Å². The van der Waals surface area contributed by atoms with E-state index in [0.717, 1.165) is 32.3 Å². The molecule has 4 nitrogen and oxygen atoms in total. The number of hydrogen-bond acceptors (Lipinski definition) is 3. The lowest BCUT2D eigenvalue weighted by atomic mass is 9.89. The third-order valence-electron chi connectivity index (χ3n) is 4.74. The van der Waals surface area contributed by atoms with Gasteiger partial charge in [-0.2, -0.15) is 0 Å². The van der Waals surface area contributed by atoms with Gasteiger partial charge in [-0.3, -0.25) is 0 Å². The molecule has 2 saturated carbocycles. The topological polar surface area (TPSA) is 55.4 Å². The van der Waals surface area contributed by atoms with E-state index in [4.69, 9.17) is 4.74 Å². The average molecular weight is 332 g/mol. The molecule has 0 radical (unpaired) electrons. The fourth-order valence-corrected chi connectivity index (χ4v) is 5.71. The van der Waals surface area contributed by atoms with Crippen molar-refractivity contribution in [3.63, 3.8) is 0 Å². The van der Waals surface area contributed by atoms with Crippen molar-refractivity contribution in [3.8, 4) is 0 Å². The third-order valence-corrected chi connectivity index (χ3v) is 6.94. The Hall–Kier alpha value is -0.130. The first-order valence-corrected chi connectivity index (χ1v) is 10.5. The van der Waals surface area contributed by atoms with Crippen LogP contribution in [0.5, 0.6) is 0 Å². The minimum Gasteiger partial charge on any atom is -0.378 e. The molecule has 5 heteroatoms. The summed E-state index contributed by atoms with van der Waals surface area (Å²) in [7, 11) is -3.22. The third kappa shape index (κ3) is 5.82. The van der Waals surface area contributed by atoms with Gasteiger partial charge >= 0.3 is 0 Å². The number of sulfonamides is 1. The summed E-state index contributed by atoms with van der Waals surface area (Å²) >= 11 is 0. The van der Waals surface area contributed by atoms with Crippen molar-refractivity contribution in [3.05, 3.63) is 0 Å². The Morgan fingerprint density at radius 3 is 2.32 bits per heavy atom. The zero-order chi connectivity index (χ0) is 16.2. The van der Waals surface area contributed by atoms with E-state index in [1.807, 2.05) is 20.8 Å². The molecule has 0 amide bonds. The van der Waals surface area contributed by atoms with Gasteiger partial charge in [-0.15, -0.1) is 0 Å². The lowest BCUT2D eigenvalue weighted by molar-refractivity contribution is 0.00145. The van der Waals surface area contributed by atoms with Gasteiger partial charge in [0.15, 0.2) is 0 Å². The van der Waals surface area contributed by atoms with Gasteiger partial charge in [0.05, 0.1) is 11.4 Å². The number of rotatable bonds is 5. The fraction of sp³-hybridized carbons (Fsp3) is 1.00. The van der Waals surface area contributed by atoms with Gasteiger partial charge < -0.3 is 4.74 Å². The van der Waals surface area contributed by atoms with Crippen molar-refractivity contribution in [1.82, 2.24) is 4.72 Å². The first-order valence-electron chi connectivity index (χ1n) is 8.91. The molecular formula is C17H33NO3S. The highest BCUT2D eigenvalue weighted by Crippen LogP contribution is 2.30. The van der Waals surface area contributed by atoms with Gasteiger partial charge in [-0.1, -0.05) is 25.7 Å². The standard InChI is InChI=1S/C17H33NO3S/c1-17(2,3)18-22(19,20)16-11-7-8-14(12-16)13-21-15-9-5-4-6-10-15/h14-16,18H,4-13H2,1-3H3. The molecule has 0 heterocycles. The van der Waals surface area contributed by atoms with Crippen LogP contribution >= 0.6 is 0 Å². The second-order valence-corrected chi connectivity index (χ2v) is 10.1. The predicted octanol–water partition coefficient (Wildman–Crippen LogP) is 3.61. The summed E-state index contributed by atoms with van der Waals surface area (Å²) in [5.74, 6) is 0.400. The quantitative estimate of drug-likeness (QED) is 0.837. The van der Waals surface area contributed by atoms with Crippen molar-refractivity contribution in [1.29, 1.82) is 0 Å². The Bertz CT molecular complexity index is 435. The monoisotopic (exact) mass is 331 g/mol. The molecule has 2 aliphatic rings. The van der Waals surface area contributed by atoms with Crippen LogP contribution in [0.15, 0.2) is 0 Å². The van der Waals surface area contributed by atoms with Gasteiger partial charge in [0.25, 0.3) is 0 Å². The molecular weight excluding hydrogens is 298 g/mol. The minimum absolute atomic E-state index is 0.250. The van der Waals surface area contributed by atoms with Crippen molar-refractivity contribution < 1.29 is 13.2 Å². The highest BCUT2D eigenvalue weighted by atomic mass is 32.2. The first kappa shape index (κ1) is 18.2. The highest BCUT2D eigenvalue weighted by molar-refractivity contribution is 7.90. The van der Waals surface area contributed by atoms with Crippen LogP contribution in [0.1, 0.15) is 78.6 Å². The van der Waals surface area contributed by atoms with Crippen molar-refractivity contribution in [2.45, 2.75) is 95.5 Å². The van der Waals surface area contributed by atoms with E-state index in [0.29, 0.717) is 12.0 Å². The molecule has 0 aromatic heterocycles. The summed E-state index contributed by atoms with van der Waals surface area (Å²) in [6.07, 6.45) is 10.3. The second kappa shape index (κ2) is 7.63. The van der Waals surface area contributed by atoms with Crippen LogP contribution in [0, 0.1) is 5.92 Å². The zero-order valence-corrected chi connectivity index (χ0v) is 15.3. The summed E-state index contributed by atoms with van der Waals surface area (Å²) in [5.41, 5.74) is -0.398. The molecule has 0 aromatic rings. The van der Waals surface area contributed by atoms with Gasteiger partial charge in [0.1, 0.15) is 0 Å². The molecule has 22 heavy (non-hydrogen) atoms. The molecule has 2 rings (SSSR count). The molecule has 2 unspecified atom stereocenters. The summed E-state index contributed by atoms with van der Waals surface area (Å²) in [6.45, 7) is 6.44. The van der Waals surface area contributed by atoms with Gasteiger partial charge in [0.2, 0.25) is 10.0 Å². The molecule has 0 bridgehead atoms. The van der Waals surface area contributed by atoms with E-state index in [9.17, 15) is 8.42 Å². The Kier molecular flexibility index (Phi) is 6.31. The molecule has 2 atom stereocenters. The summed E-state index contributed by atoms with van der Waals surface area (Å²) < 4.78 is 33.9. The van der Waals surface area contributed by atoms with E-state index >= 15 is 0 Å². The molecule has 0 aliphatic heterocycles. The maximum Gasteiger partial charge on any atom is 0.214 e. The minimum atomic E-state index is -3.22. The van der Waals surface area contributed by atoms with E-state index < -0.39 is 15.6 Å². The van der Waals surface area contributed by atoms with E-state index in [2.05, 4.69) is 4.72 Å². The Labute approximate surface area is 136 Å². The predicted molar refractivity (Wildman–Crippen MR) is 90.4 cm³/mol. The smallest absolute Gasteiger partial charge is 0.214 e. The van der Waals surface area contributed by atoms with Crippen LogP contribution in [0.25, 0.3) is 0 Å². The lowest BCUT2D eigenvalue weighted by Crippen LogP contribution is -2.47. The van der Waals surface area contributed by atoms with Crippen LogP contribution in [0.3, 0.4) is 0 Å². The zero-order valence-electron chi connectivity index (χ0n) is 14.4. The Morgan fingerprint density at radius 1 is 1.00 bits per heavy atom. The van der Waals surface area contributed by atoms with Crippen LogP contribution in [-0.4, -0.2) is 31.9 Å². The van der Waals surface area contributed by atoms with Crippen LogP contribution < -0.4 is 4.72 Å². The van der Waals surface area contributed by atoms with Crippen LogP contribution in [-0.2, 0) is 14.8 Å². The molecule has 130 valence electrons. The first-order chi connectivity index (χ1) is 10.3. The van der Waals surface area contributed by atoms with Crippen LogP contribution in [0.4, 0.5) is 0 Å². The van der Waals surface area contributed by atoms with Crippen molar-refractivity contribution in [2.75, 3.05) is 6.61 Å². The summed E-state index contributed by atoms with van der Waals surface area (Å²) in [5, 5.41) is -0.250. The van der Waals surface area contributed by atoms with Gasteiger partial charge in [-0.25, -0.2) is 13.1 Å². The Morgan fingerprint density at radius 2 is 1.68 bits per heavy atom. The van der Waals surface area contributed by atoms with E-state index in [1.54, 1.807) is 0 Å². The number of nitrogens with one attached hydrogen (secondary N) is 1. The molecule has 0 saturated heterocycles. The second-order valence-electron chi connectivity index (χ2n) is 8.15. The average Bonchev–Trinajstić information content (AvgIpc) is 2.44. The normalized spacial score (nSPS) is 28.7. The van der Waals surface area contributed by atoms with E-state index in [-0.39, 0.29) is 5.25 Å². The molecule has 2 fully saturated rings. The van der Waals surface area contributed by atoms with Crippen molar-refractivity contribution >= 4 is 10.0 Å². The fourth-order valence-electron chi connectivity index (χ4n) is 3.69. The summed E-state index contributed by atoms with van der Waals surface area (Å²) in [4.78, 5) is 0. The maximum absolute atomic E-state index is 12.5. The number of ether oxygens (including phenoxy) is 1. The highest BCUT2D eigenvalue weighted by Gasteiger charge is 2.34. The molecule has 0 spiro atoms. The molecule has 2 aliphatic carbocycles. The number of hydrogen-bond donors (Lipinski definition) is 1. The van der Waals surface area contributed by atoms with Gasteiger partial charge in [-0.05, 0) is 58.8 Å². The molecule has 1 N–H and O–H groups in total. The van der Waals surface area contributed by atoms with Gasteiger partial charge in [0, 0.05) is 12.1 Å². The molecule has 0 aromatic carbocycles. The maximum atomic E-state index is 12.5. The lowest BCUT2D eigenvalue weighted by Gasteiger charge is -2.32. The summed E-state index contributed by atoms with van der Waals surface area (Å²) in [6, 6.07) is 0. The largest absolute Gasteiger partial charge is 0.378 e. The Balaban J connectivity index is 1.83.